The first-order valence-corrected chi connectivity index (χ1v) is 6.74. The Morgan fingerprint density at radius 1 is 1.27 bits per heavy atom. The van der Waals surface area contributed by atoms with Crippen molar-refractivity contribution < 1.29 is 14.5 Å². The molecule has 0 heterocycles. The quantitative estimate of drug-likeness (QED) is 0.676. The van der Waals surface area contributed by atoms with Crippen LogP contribution in [0.1, 0.15) is 5.56 Å². The normalized spacial score (nSPS) is 10.1. The maximum atomic E-state index is 12.0. The molecule has 2 aromatic rings. The number of nitro groups is 1. The molecule has 6 nitrogen and oxygen atoms in total. The minimum atomic E-state index is -0.547. The summed E-state index contributed by atoms with van der Waals surface area (Å²) in [5.41, 5.74) is 1.03. The van der Waals surface area contributed by atoms with Crippen LogP contribution < -0.4 is 10.1 Å². The number of anilines is 1. The molecular formula is C15H13ClN2O4. The summed E-state index contributed by atoms with van der Waals surface area (Å²) >= 11 is 5.92. The molecule has 0 aromatic heterocycles. The summed E-state index contributed by atoms with van der Waals surface area (Å²) in [7, 11) is 1.57. The van der Waals surface area contributed by atoms with Crippen LogP contribution in [0.5, 0.6) is 5.75 Å². The Morgan fingerprint density at radius 2 is 1.95 bits per heavy atom. The van der Waals surface area contributed by atoms with Crippen LogP contribution in [0.15, 0.2) is 42.5 Å². The van der Waals surface area contributed by atoms with Gasteiger partial charge in [-0.2, -0.15) is 0 Å². The summed E-state index contributed by atoms with van der Waals surface area (Å²) in [6, 6.07) is 11.0. The van der Waals surface area contributed by atoms with Crippen LogP contribution in [-0.4, -0.2) is 17.9 Å². The predicted molar refractivity (Wildman–Crippen MR) is 83.4 cm³/mol. The van der Waals surface area contributed by atoms with E-state index in [4.69, 9.17) is 16.3 Å². The van der Waals surface area contributed by atoms with Gasteiger partial charge in [0.25, 0.3) is 5.69 Å². The highest BCUT2D eigenvalue weighted by Gasteiger charge is 2.12. The molecule has 2 aromatic carbocycles. The van der Waals surface area contributed by atoms with Crippen LogP contribution in [0, 0.1) is 10.1 Å². The fraction of sp³-hybridized carbons (Fsp3) is 0.133. The van der Waals surface area contributed by atoms with E-state index in [-0.39, 0.29) is 23.0 Å². The highest BCUT2D eigenvalue weighted by molar-refractivity contribution is 6.34. The van der Waals surface area contributed by atoms with E-state index in [1.807, 2.05) is 0 Å². The van der Waals surface area contributed by atoms with Crippen molar-refractivity contribution in [1.82, 2.24) is 0 Å². The third-order valence-electron chi connectivity index (χ3n) is 2.96. The number of methoxy groups -OCH3 is 1. The molecule has 0 bridgehead atoms. The molecule has 0 fully saturated rings. The zero-order valence-electron chi connectivity index (χ0n) is 11.7. The number of nitro benzene ring substituents is 1. The van der Waals surface area contributed by atoms with Crippen LogP contribution in [0.25, 0.3) is 0 Å². The first-order chi connectivity index (χ1) is 10.5. The molecule has 0 aliphatic heterocycles. The maximum Gasteiger partial charge on any atom is 0.271 e. The Balaban J connectivity index is 2.03. The molecule has 2 rings (SSSR count). The average Bonchev–Trinajstić information content (AvgIpc) is 2.50. The standard InChI is InChI=1S/C15H13ClN2O4/c1-22-12-5-2-10(3-6-12)8-15(19)17-14-7-4-11(18(20)21)9-13(14)16/h2-7,9H,8H2,1H3,(H,17,19). The molecule has 22 heavy (non-hydrogen) atoms. The Hall–Kier alpha value is -2.60. The Bertz CT molecular complexity index is 701. The van der Waals surface area contributed by atoms with Gasteiger partial charge in [0.05, 0.1) is 29.2 Å². The second-order valence-corrected chi connectivity index (χ2v) is 4.90. The van der Waals surface area contributed by atoms with Crippen LogP contribution in [0.3, 0.4) is 0 Å². The van der Waals surface area contributed by atoms with E-state index in [1.54, 1.807) is 31.4 Å². The van der Waals surface area contributed by atoms with Crippen molar-refractivity contribution in [3.63, 3.8) is 0 Å². The van der Waals surface area contributed by atoms with Crippen LogP contribution in [0.4, 0.5) is 11.4 Å². The summed E-state index contributed by atoms with van der Waals surface area (Å²) < 4.78 is 5.04. The molecule has 1 N–H and O–H groups in total. The summed E-state index contributed by atoms with van der Waals surface area (Å²) in [5.74, 6) is 0.448. The van der Waals surface area contributed by atoms with Crippen molar-refractivity contribution in [2.75, 3.05) is 12.4 Å². The van der Waals surface area contributed by atoms with Crippen molar-refractivity contribution >= 4 is 28.9 Å². The summed E-state index contributed by atoms with van der Waals surface area (Å²) in [6.07, 6.45) is 0.164. The van der Waals surface area contributed by atoms with Crippen LogP contribution in [0.2, 0.25) is 5.02 Å². The number of rotatable bonds is 5. The number of hydrogen-bond acceptors (Lipinski definition) is 4. The molecular weight excluding hydrogens is 308 g/mol. The number of carbonyl (C=O) groups excluding carboxylic acids is 1. The van der Waals surface area contributed by atoms with Gasteiger partial charge in [-0.3, -0.25) is 14.9 Å². The van der Waals surface area contributed by atoms with E-state index in [9.17, 15) is 14.9 Å². The minimum absolute atomic E-state index is 0.122. The number of halogens is 1. The number of hydrogen-bond donors (Lipinski definition) is 1. The van der Waals surface area contributed by atoms with Crippen LogP contribution >= 0.6 is 11.6 Å². The third-order valence-corrected chi connectivity index (χ3v) is 3.27. The lowest BCUT2D eigenvalue weighted by molar-refractivity contribution is -0.384. The largest absolute Gasteiger partial charge is 0.497 e. The van der Waals surface area contributed by atoms with Gasteiger partial charge in [-0.25, -0.2) is 0 Å². The topological polar surface area (TPSA) is 81.5 Å². The van der Waals surface area contributed by atoms with E-state index in [1.165, 1.54) is 18.2 Å². The Kier molecular flexibility index (Phi) is 4.95. The van der Waals surface area contributed by atoms with Gasteiger partial charge in [0.2, 0.25) is 5.91 Å². The van der Waals surface area contributed by atoms with Gasteiger partial charge in [-0.05, 0) is 23.8 Å². The number of amides is 1. The number of benzene rings is 2. The second-order valence-electron chi connectivity index (χ2n) is 4.49. The highest BCUT2D eigenvalue weighted by atomic mass is 35.5. The van der Waals surface area contributed by atoms with Crippen molar-refractivity contribution in [2.24, 2.45) is 0 Å². The van der Waals surface area contributed by atoms with E-state index >= 15 is 0 Å². The highest BCUT2D eigenvalue weighted by Crippen LogP contribution is 2.26. The van der Waals surface area contributed by atoms with Gasteiger partial charge in [-0.1, -0.05) is 23.7 Å². The molecule has 0 unspecified atom stereocenters. The SMILES string of the molecule is COc1ccc(CC(=O)Nc2ccc([N+](=O)[O-])cc2Cl)cc1. The molecule has 114 valence electrons. The van der Waals surface area contributed by atoms with Gasteiger partial charge < -0.3 is 10.1 Å². The van der Waals surface area contributed by atoms with E-state index in [0.29, 0.717) is 11.4 Å². The molecule has 0 aliphatic carbocycles. The predicted octanol–water partition coefficient (Wildman–Crippen LogP) is 3.44. The summed E-state index contributed by atoms with van der Waals surface area (Å²) in [5, 5.41) is 13.4. The van der Waals surface area contributed by atoms with Gasteiger partial charge in [0.15, 0.2) is 0 Å². The molecule has 0 aliphatic rings. The molecule has 0 saturated heterocycles. The lowest BCUT2D eigenvalue weighted by Gasteiger charge is -2.07. The van der Waals surface area contributed by atoms with Crippen molar-refractivity contribution in [3.8, 4) is 5.75 Å². The molecule has 7 heteroatoms. The zero-order valence-corrected chi connectivity index (χ0v) is 12.5. The number of carbonyl (C=O) groups is 1. The Morgan fingerprint density at radius 3 is 2.50 bits per heavy atom. The fourth-order valence-corrected chi connectivity index (χ4v) is 2.06. The smallest absolute Gasteiger partial charge is 0.271 e. The Labute approximate surface area is 131 Å². The molecule has 0 saturated carbocycles. The van der Waals surface area contributed by atoms with E-state index < -0.39 is 4.92 Å². The lowest BCUT2D eigenvalue weighted by atomic mass is 10.1. The van der Waals surface area contributed by atoms with E-state index in [0.717, 1.165) is 5.56 Å². The monoisotopic (exact) mass is 320 g/mol. The summed E-state index contributed by atoms with van der Waals surface area (Å²) in [6.45, 7) is 0. The number of non-ortho nitro benzene ring substituents is 1. The van der Waals surface area contributed by atoms with Crippen molar-refractivity contribution in [1.29, 1.82) is 0 Å². The number of nitrogens with one attached hydrogen (secondary N) is 1. The van der Waals surface area contributed by atoms with E-state index in [2.05, 4.69) is 5.32 Å². The van der Waals surface area contributed by atoms with Crippen molar-refractivity contribution in [3.05, 3.63) is 63.2 Å². The summed E-state index contributed by atoms with van der Waals surface area (Å²) in [4.78, 5) is 22.1. The molecule has 1 amide bonds. The van der Waals surface area contributed by atoms with Gasteiger partial charge in [0, 0.05) is 12.1 Å². The average molecular weight is 321 g/mol. The molecule has 0 spiro atoms. The first kappa shape index (κ1) is 15.8. The fourth-order valence-electron chi connectivity index (χ4n) is 1.84. The lowest BCUT2D eigenvalue weighted by Crippen LogP contribution is -2.14. The van der Waals surface area contributed by atoms with Gasteiger partial charge >= 0.3 is 0 Å². The van der Waals surface area contributed by atoms with Crippen LogP contribution in [-0.2, 0) is 11.2 Å². The zero-order chi connectivity index (χ0) is 16.1. The number of ether oxygens (including phenoxy) is 1. The maximum absolute atomic E-state index is 12.0. The minimum Gasteiger partial charge on any atom is -0.497 e. The molecule has 0 radical (unpaired) electrons. The second kappa shape index (κ2) is 6.91. The van der Waals surface area contributed by atoms with Crippen molar-refractivity contribution in [2.45, 2.75) is 6.42 Å². The van der Waals surface area contributed by atoms with Gasteiger partial charge in [0.1, 0.15) is 5.75 Å². The van der Waals surface area contributed by atoms with Gasteiger partial charge in [-0.15, -0.1) is 0 Å². The first-order valence-electron chi connectivity index (χ1n) is 6.36. The molecule has 0 atom stereocenters. The number of nitrogens with zero attached hydrogens (tertiary/aromatic N) is 1. The third kappa shape index (κ3) is 3.95.